The zero-order valence-corrected chi connectivity index (χ0v) is 16.2. The first-order chi connectivity index (χ1) is 13.3. The maximum Gasteiger partial charge on any atom is 0.416 e. The Kier molecular flexibility index (Phi) is 5.46. The normalized spacial score (nSPS) is 26.0. The van der Waals surface area contributed by atoms with Gasteiger partial charge in [0.05, 0.1) is 18.8 Å². The number of carbonyl (C=O) groups excluding carboxylic acids is 1. The highest BCUT2D eigenvalue weighted by Crippen LogP contribution is 2.37. The molecule has 3 saturated heterocycles. The summed E-state index contributed by atoms with van der Waals surface area (Å²) in [5.41, 5.74) is 0.329. The van der Waals surface area contributed by atoms with Gasteiger partial charge in [-0.3, -0.25) is 9.69 Å². The van der Waals surface area contributed by atoms with Crippen molar-refractivity contribution in [2.45, 2.75) is 12.7 Å². The zero-order chi connectivity index (χ0) is 19.9. The number of nitrogens with zero attached hydrogens (tertiary/aromatic N) is 3. The van der Waals surface area contributed by atoms with Crippen molar-refractivity contribution >= 4 is 22.7 Å². The molecule has 1 aromatic carbocycles. The predicted molar refractivity (Wildman–Crippen MR) is 99.6 cm³/mol. The lowest BCUT2D eigenvalue weighted by atomic mass is 10.0. The van der Waals surface area contributed by atoms with E-state index in [2.05, 4.69) is 4.90 Å². The summed E-state index contributed by atoms with van der Waals surface area (Å²) in [6, 6.07) is 4.66. The summed E-state index contributed by atoms with van der Waals surface area (Å²) < 4.78 is 46.4. The van der Waals surface area contributed by atoms with Gasteiger partial charge in [0, 0.05) is 51.5 Å². The number of rotatable bonds is 3. The molecule has 2 atom stereocenters. The lowest BCUT2D eigenvalue weighted by molar-refractivity contribution is -0.138. The van der Waals surface area contributed by atoms with E-state index >= 15 is 0 Å². The third-order valence-electron chi connectivity index (χ3n) is 5.98. The molecule has 3 heterocycles. The third-order valence-corrected chi connectivity index (χ3v) is 6.22. The van der Waals surface area contributed by atoms with Gasteiger partial charge in [-0.2, -0.15) is 13.2 Å². The van der Waals surface area contributed by atoms with Gasteiger partial charge in [-0.25, -0.2) is 0 Å². The molecule has 28 heavy (non-hydrogen) atoms. The molecule has 0 aliphatic carbocycles. The molecule has 1 aromatic rings. The second-order valence-corrected chi connectivity index (χ2v) is 8.13. The van der Waals surface area contributed by atoms with Crippen molar-refractivity contribution in [1.82, 2.24) is 9.80 Å². The number of likely N-dealkylation sites (tertiary alicyclic amines) is 2. The number of benzene rings is 1. The molecule has 0 bridgehead atoms. The van der Waals surface area contributed by atoms with Crippen molar-refractivity contribution < 1.29 is 22.7 Å². The molecular weight excluding hydrogens is 395 g/mol. The summed E-state index contributed by atoms with van der Waals surface area (Å²) in [6.45, 7) is 5.08. The standard InChI is InChI=1S/C19H23ClF3N3O2/c20-18(27)26-11-14-9-24(10-15(14)12-26)8-13-1-2-16(7-17(13)19(21,22)23)25-3-5-28-6-4-25/h1-2,7,14-15H,3-6,8-12H2. The lowest BCUT2D eigenvalue weighted by Crippen LogP contribution is -2.36. The molecule has 0 N–H and O–H groups in total. The second-order valence-electron chi connectivity index (χ2n) is 7.81. The van der Waals surface area contributed by atoms with Gasteiger partial charge in [0.2, 0.25) is 0 Å². The Morgan fingerprint density at radius 2 is 1.75 bits per heavy atom. The molecule has 3 fully saturated rings. The number of carbonyl (C=O) groups is 1. The van der Waals surface area contributed by atoms with Crippen molar-refractivity contribution in [2.24, 2.45) is 11.8 Å². The van der Waals surface area contributed by atoms with E-state index in [0.717, 1.165) is 0 Å². The highest BCUT2D eigenvalue weighted by Gasteiger charge is 2.42. The predicted octanol–water partition coefficient (Wildman–Crippen LogP) is 3.26. The van der Waals surface area contributed by atoms with Crippen LogP contribution < -0.4 is 4.90 Å². The van der Waals surface area contributed by atoms with Crippen LogP contribution in [0.15, 0.2) is 18.2 Å². The van der Waals surface area contributed by atoms with E-state index in [4.69, 9.17) is 16.3 Å². The number of fused-ring (bicyclic) bond motifs is 1. The summed E-state index contributed by atoms with van der Waals surface area (Å²) in [5, 5.41) is -0.445. The molecule has 3 aliphatic heterocycles. The van der Waals surface area contributed by atoms with Crippen LogP contribution in [0.1, 0.15) is 11.1 Å². The first kappa shape index (κ1) is 19.8. The van der Waals surface area contributed by atoms with E-state index in [1.165, 1.54) is 6.07 Å². The number of anilines is 1. The Hall–Kier alpha value is -1.51. The molecule has 5 nitrogen and oxygen atoms in total. The van der Waals surface area contributed by atoms with E-state index < -0.39 is 17.1 Å². The maximum absolute atomic E-state index is 13.7. The molecule has 3 aliphatic rings. The summed E-state index contributed by atoms with van der Waals surface area (Å²) in [7, 11) is 0. The van der Waals surface area contributed by atoms with Crippen LogP contribution in [0.5, 0.6) is 0 Å². The van der Waals surface area contributed by atoms with E-state index in [1.807, 2.05) is 4.90 Å². The van der Waals surface area contributed by atoms with Crippen LogP contribution in [-0.4, -0.2) is 67.6 Å². The van der Waals surface area contributed by atoms with Gasteiger partial charge in [0.25, 0.3) is 0 Å². The van der Waals surface area contributed by atoms with Gasteiger partial charge in [-0.15, -0.1) is 0 Å². The number of ether oxygens (including phenoxy) is 1. The molecule has 1 amide bonds. The lowest BCUT2D eigenvalue weighted by Gasteiger charge is -2.30. The van der Waals surface area contributed by atoms with E-state index in [1.54, 1.807) is 17.0 Å². The Morgan fingerprint density at radius 3 is 2.32 bits per heavy atom. The third kappa shape index (κ3) is 4.09. The molecule has 2 unspecified atom stereocenters. The number of hydrogen-bond donors (Lipinski definition) is 0. The minimum atomic E-state index is -4.39. The highest BCUT2D eigenvalue weighted by molar-refractivity contribution is 6.62. The first-order valence-electron chi connectivity index (χ1n) is 9.51. The Balaban J connectivity index is 1.48. The molecular formula is C19H23ClF3N3O2. The van der Waals surface area contributed by atoms with Crippen LogP contribution in [0.4, 0.5) is 23.7 Å². The number of morpholine rings is 1. The van der Waals surface area contributed by atoms with Gasteiger partial charge in [-0.05, 0) is 41.1 Å². The van der Waals surface area contributed by atoms with E-state index in [0.29, 0.717) is 63.7 Å². The number of alkyl halides is 3. The highest BCUT2D eigenvalue weighted by atomic mass is 35.5. The minimum Gasteiger partial charge on any atom is -0.378 e. The average Bonchev–Trinajstić information content (AvgIpc) is 3.20. The fourth-order valence-corrected chi connectivity index (χ4v) is 4.73. The Bertz CT molecular complexity index is 726. The summed E-state index contributed by atoms with van der Waals surface area (Å²) >= 11 is 5.55. The van der Waals surface area contributed by atoms with Crippen molar-refractivity contribution in [3.05, 3.63) is 29.3 Å². The fourth-order valence-electron chi connectivity index (χ4n) is 4.59. The molecule has 0 saturated carbocycles. The van der Waals surface area contributed by atoms with Crippen LogP contribution in [0.25, 0.3) is 0 Å². The largest absolute Gasteiger partial charge is 0.416 e. The minimum absolute atomic E-state index is 0.264. The van der Waals surface area contributed by atoms with Gasteiger partial charge in [0.15, 0.2) is 0 Å². The van der Waals surface area contributed by atoms with Crippen LogP contribution >= 0.6 is 11.6 Å². The van der Waals surface area contributed by atoms with Crippen molar-refractivity contribution in [3.63, 3.8) is 0 Å². The first-order valence-corrected chi connectivity index (χ1v) is 9.88. The van der Waals surface area contributed by atoms with Crippen LogP contribution in [0.2, 0.25) is 0 Å². The summed E-state index contributed by atoms with van der Waals surface area (Å²) in [6.07, 6.45) is -4.39. The maximum atomic E-state index is 13.7. The van der Waals surface area contributed by atoms with Crippen molar-refractivity contribution in [2.75, 3.05) is 57.4 Å². The Labute approximate surface area is 167 Å². The smallest absolute Gasteiger partial charge is 0.378 e. The summed E-state index contributed by atoms with van der Waals surface area (Å²) in [4.78, 5) is 16.9. The topological polar surface area (TPSA) is 36.0 Å². The van der Waals surface area contributed by atoms with Crippen LogP contribution in [0.3, 0.4) is 0 Å². The molecule has 0 aromatic heterocycles. The zero-order valence-electron chi connectivity index (χ0n) is 15.4. The number of hydrogen-bond acceptors (Lipinski definition) is 4. The number of halogens is 4. The second kappa shape index (κ2) is 7.72. The van der Waals surface area contributed by atoms with Gasteiger partial charge >= 0.3 is 11.5 Å². The van der Waals surface area contributed by atoms with Crippen LogP contribution in [-0.2, 0) is 17.5 Å². The molecule has 4 rings (SSSR count). The van der Waals surface area contributed by atoms with Gasteiger partial charge in [0.1, 0.15) is 0 Å². The van der Waals surface area contributed by atoms with Gasteiger partial charge < -0.3 is 14.5 Å². The van der Waals surface area contributed by atoms with Crippen molar-refractivity contribution in [3.8, 4) is 0 Å². The number of amides is 1. The Morgan fingerprint density at radius 1 is 1.11 bits per heavy atom. The SMILES string of the molecule is O=C(Cl)N1CC2CN(Cc3ccc(N4CCOCC4)cc3C(F)(F)F)CC2C1. The van der Waals surface area contributed by atoms with Crippen molar-refractivity contribution in [1.29, 1.82) is 0 Å². The molecule has 9 heteroatoms. The average molecular weight is 418 g/mol. The fraction of sp³-hybridized carbons (Fsp3) is 0.632. The van der Waals surface area contributed by atoms with E-state index in [-0.39, 0.29) is 18.4 Å². The molecule has 154 valence electrons. The van der Waals surface area contributed by atoms with Crippen LogP contribution in [0, 0.1) is 11.8 Å². The quantitative estimate of drug-likeness (QED) is 0.558. The molecule has 0 radical (unpaired) electrons. The molecule has 0 spiro atoms. The van der Waals surface area contributed by atoms with E-state index in [9.17, 15) is 18.0 Å². The monoisotopic (exact) mass is 417 g/mol. The van der Waals surface area contributed by atoms with Gasteiger partial charge in [-0.1, -0.05) is 6.07 Å². The summed E-state index contributed by atoms with van der Waals surface area (Å²) in [5.74, 6) is 0.564.